The van der Waals surface area contributed by atoms with Gasteiger partial charge in [-0.15, -0.1) is 0 Å². The first-order chi connectivity index (χ1) is 14.2. The van der Waals surface area contributed by atoms with E-state index in [0.29, 0.717) is 12.6 Å². The lowest BCUT2D eigenvalue weighted by Gasteiger charge is -2.31. The lowest BCUT2D eigenvalue weighted by molar-refractivity contribution is 0.175. The number of rotatable bonds is 5. The van der Waals surface area contributed by atoms with Crippen LogP contribution >= 0.6 is 0 Å². The molecule has 0 N–H and O–H groups in total. The third kappa shape index (κ3) is 4.67. The molecule has 5 nitrogen and oxygen atoms in total. The van der Waals surface area contributed by atoms with Crippen LogP contribution in [-0.2, 0) is 6.61 Å². The van der Waals surface area contributed by atoms with Crippen LogP contribution in [0, 0.1) is 0 Å². The third-order valence-electron chi connectivity index (χ3n) is 5.61. The van der Waals surface area contributed by atoms with E-state index in [9.17, 15) is 4.79 Å². The molecule has 150 valence electrons. The Hall–Kier alpha value is -3.08. The Morgan fingerprint density at radius 3 is 2.69 bits per heavy atom. The molecule has 4 rings (SSSR count). The topological polar surface area (TPSA) is 47.4 Å². The number of ether oxygens (including phenoxy) is 1. The molecule has 2 aromatic carbocycles. The Bertz CT molecular complexity index is 946. The number of aromatic nitrogens is 2. The lowest BCUT2D eigenvalue weighted by Crippen LogP contribution is -2.40. The third-order valence-corrected chi connectivity index (χ3v) is 5.61. The van der Waals surface area contributed by atoms with Gasteiger partial charge in [-0.05, 0) is 30.5 Å². The van der Waals surface area contributed by atoms with E-state index in [2.05, 4.69) is 4.98 Å². The Balaban J connectivity index is 1.44. The van der Waals surface area contributed by atoms with E-state index >= 15 is 0 Å². The maximum absolute atomic E-state index is 12.8. The standard InChI is InChI=1S/C24H27N3O2/c1-26(21-12-6-3-7-13-21)24(28)27-16-23(25-18-27)20-11-8-14-22(15-20)29-17-19-9-4-2-5-10-19/h2,4-5,8-11,14-16,18,21H,3,6-7,12-13,17H2,1H3. The van der Waals surface area contributed by atoms with Gasteiger partial charge < -0.3 is 9.64 Å². The van der Waals surface area contributed by atoms with Gasteiger partial charge in [-0.2, -0.15) is 0 Å². The first-order valence-electron chi connectivity index (χ1n) is 10.3. The Morgan fingerprint density at radius 2 is 1.90 bits per heavy atom. The van der Waals surface area contributed by atoms with Gasteiger partial charge in [-0.1, -0.05) is 61.7 Å². The fraction of sp³-hybridized carbons (Fsp3) is 0.333. The molecular formula is C24H27N3O2. The minimum absolute atomic E-state index is 0.0212. The summed E-state index contributed by atoms with van der Waals surface area (Å²) in [6.07, 6.45) is 9.26. The molecule has 1 aliphatic rings. The molecule has 0 bridgehead atoms. The second-order valence-corrected chi connectivity index (χ2v) is 7.65. The summed E-state index contributed by atoms with van der Waals surface area (Å²) in [7, 11) is 1.90. The molecule has 0 radical (unpaired) electrons. The zero-order chi connectivity index (χ0) is 20.1. The van der Waals surface area contributed by atoms with E-state index in [-0.39, 0.29) is 6.03 Å². The maximum atomic E-state index is 12.8. The number of carbonyl (C=O) groups excluding carboxylic acids is 1. The molecule has 0 unspecified atom stereocenters. The summed E-state index contributed by atoms with van der Waals surface area (Å²) in [4.78, 5) is 19.2. The number of imidazole rings is 1. The van der Waals surface area contributed by atoms with Gasteiger partial charge in [0.2, 0.25) is 0 Å². The van der Waals surface area contributed by atoms with Crippen LogP contribution in [0.2, 0.25) is 0 Å². The van der Waals surface area contributed by atoms with Crippen molar-refractivity contribution in [1.29, 1.82) is 0 Å². The van der Waals surface area contributed by atoms with Gasteiger partial charge in [-0.3, -0.25) is 4.57 Å². The van der Waals surface area contributed by atoms with Gasteiger partial charge in [-0.25, -0.2) is 9.78 Å². The number of nitrogens with zero attached hydrogens (tertiary/aromatic N) is 3. The van der Waals surface area contributed by atoms with Crippen molar-refractivity contribution in [3.05, 3.63) is 72.7 Å². The zero-order valence-electron chi connectivity index (χ0n) is 16.8. The molecule has 0 atom stereocenters. The first kappa shape index (κ1) is 19.2. The van der Waals surface area contributed by atoms with E-state index in [1.54, 1.807) is 17.1 Å². The van der Waals surface area contributed by atoms with Gasteiger partial charge in [0.15, 0.2) is 0 Å². The van der Waals surface area contributed by atoms with Crippen LogP contribution in [0.5, 0.6) is 5.75 Å². The quantitative estimate of drug-likeness (QED) is 0.590. The van der Waals surface area contributed by atoms with E-state index in [1.807, 2.05) is 66.5 Å². The van der Waals surface area contributed by atoms with E-state index in [0.717, 1.165) is 35.4 Å². The average molecular weight is 389 g/mol. The Morgan fingerprint density at radius 1 is 1.10 bits per heavy atom. The van der Waals surface area contributed by atoms with Crippen molar-refractivity contribution in [2.75, 3.05) is 7.05 Å². The van der Waals surface area contributed by atoms with Crippen LogP contribution in [-0.4, -0.2) is 33.6 Å². The monoisotopic (exact) mass is 389 g/mol. The summed E-state index contributed by atoms with van der Waals surface area (Å²) in [5, 5.41) is 0. The van der Waals surface area contributed by atoms with Gasteiger partial charge in [0.25, 0.3) is 0 Å². The summed E-state index contributed by atoms with van der Waals surface area (Å²) < 4.78 is 7.50. The molecule has 1 saturated carbocycles. The fourth-order valence-corrected chi connectivity index (χ4v) is 3.87. The molecule has 5 heteroatoms. The van der Waals surface area contributed by atoms with Crippen molar-refractivity contribution >= 4 is 6.03 Å². The van der Waals surface area contributed by atoms with E-state index in [4.69, 9.17) is 4.74 Å². The maximum Gasteiger partial charge on any atom is 0.329 e. The van der Waals surface area contributed by atoms with Crippen LogP contribution in [0.4, 0.5) is 4.79 Å². The van der Waals surface area contributed by atoms with Crippen molar-refractivity contribution in [3.63, 3.8) is 0 Å². The average Bonchev–Trinajstić information content (AvgIpc) is 3.29. The van der Waals surface area contributed by atoms with Crippen LogP contribution in [0.1, 0.15) is 37.7 Å². The molecular weight excluding hydrogens is 362 g/mol. The van der Waals surface area contributed by atoms with E-state index in [1.165, 1.54) is 19.3 Å². The van der Waals surface area contributed by atoms with Crippen molar-refractivity contribution in [1.82, 2.24) is 14.5 Å². The molecule has 1 fully saturated rings. The normalized spacial score (nSPS) is 14.5. The van der Waals surface area contributed by atoms with Crippen molar-refractivity contribution in [3.8, 4) is 17.0 Å². The number of hydrogen-bond donors (Lipinski definition) is 0. The van der Waals surface area contributed by atoms with Gasteiger partial charge in [0.1, 0.15) is 18.7 Å². The van der Waals surface area contributed by atoms with Crippen molar-refractivity contribution in [2.24, 2.45) is 0 Å². The summed E-state index contributed by atoms with van der Waals surface area (Å²) in [5.74, 6) is 0.784. The van der Waals surface area contributed by atoms with Crippen molar-refractivity contribution in [2.45, 2.75) is 44.8 Å². The summed E-state index contributed by atoms with van der Waals surface area (Å²) in [6.45, 7) is 0.517. The van der Waals surface area contributed by atoms with Crippen LogP contribution in [0.3, 0.4) is 0 Å². The molecule has 29 heavy (non-hydrogen) atoms. The minimum atomic E-state index is -0.0212. The minimum Gasteiger partial charge on any atom is -0.489 e. The Labute approximate surface area is 171 Å². The molecule has 0 spiro atoms. The summed E-state index contributed by atoms with van der Waals surface area (Å²) in [5.41, 5.74) is 2.82. The van der Waals surface area contributed by atoms with Crippen LogP contribution < -0.4 is 4.74 Å². The highest BCUT2D eigenvalue weighted by atomic mass is 16.5. The molecule has 1 aromatic heterocycles. The van der Waals surface area contributed by atoms with E-state index < -0.39 is 0 Å². The molecule has 1 amide bonds. The second-order valence-electron chi connectivity index (χ2n) is 7.65. The zero-order valence-corrected chi connectivity index (χ0v) is 16.8. The van der Waals surface area contributed by atoms with Gasteiger partial charge in [0.05, 0.1) is 5.69 Å². The number of amides is 1. The molecule has 3 aromatic rings. The highest BCUT2D eigenvalue weighted by molar-refractivity contribution is 5.78. The fourth-order valence-electron chi connectivity index (χ4n) is 3.87. The molecule has 1 aliphatic carbocycles. The largest absolute Gasteiger partial charge is 0.489 e. The first-order valence-corrected chi connectivity index (χ1v) is 10.3. The summed E-state index contributed by atoms with van der Waals surface area (Å²) in [6, 6.07) is 18.2. The second kappa shape index (κ2) is 8.95. The molecule has 1 heterocycles. The van der Waals surface area contributed by atoms with Crippen LogP contribution in [0.25, 0.3) is 11.3 Å². The number of benzene rings is 2. The molecule has 0 saturated heterocycles. The molecule has 0 aliphatic heterocycles. The highest BCUT2D eigenvalue weighted by Crippen LogP contribution is 2.25. The van der Waals surface area contributed by atoms with Crippen molar-refractivity contribution < 1.29 is 9.53 Å². The number of carbonyl (C=O) groups is 1. The predicted molar refractivity (Wildman–Crippen MR) is 114 cm³/mol. The smallest absolute Gasteiger partial charge is 0.329 e. The SMILES string of the molecule is CN(C(=O)n1cnc(-c2cccc(OCc3ccccc3)c2)c1)C1CCCCC1. The summed E-state index contributed by atoms with van der Waals surface area (Å²) >= 11 is 0. The van der Waals surface area contributed by atoms with Gasteiger partial charge in [0, 0.05) is 24.8 Å². The Kier molecular flexibility index (Phi) is 5.94. The van der Waals surface area contributed by atoms with Crippen LogP contribution in [0.15, 0.2) is 67.1 Å². The number of hydrogen-bond acceptors (Lipinski definition) is 3. The lowest BCUT2D eigenvalue weighted by atomic mass is 9.95. The highest BCUT2D eigenvalue weighted by Gasteiger charge is 2.23. The van der Waals surface area contributed by atoms with Gasteiger partial charge >= 0.3 is 6.03 Å². The predicted octanol–water partition coefficient (Wildman–Crippen LogP) is 5.36.